The molecule has 2 N–H and O–H groups in total. The number of rotatable bonds is 0. The van der Waals surface area contributed by atoms with Crippen molar-refractivity contribution >= 4 is 21.8 Å². The van der Waals surface area contributed by atoms with E-state index in [-0.39, 0.29) is 5.56 Å². The fraction of sp³-hybridized carbons (Fsp3) is 0. The van der Waals surface area contributed by atoms with Gasteiger partial charge in [-0.2, -0.15) is 0 Å². The van der Waals surface area contributed by atoms with Gasteiger partial charge in [-0.25, -0.2) is 9.97 Å². The highest BCUT2D eigenvalue weighted by molar-refractivity contribution is 5.93. The maximum Gasteiger partial charge on any atom is 0.271 e. The number of hydrogen-bond acceptors (Lipinski definition) is 3. The number of hydrogen-bond donors (Lipinski definition) is 2. The number of aromatic nitrogens is 4. The summed E-state index contributed by atoms with van der Waals surface area (Å²) in [6.07, 6.45) is 3.18. The number of aromatic amines is 2. The first-order valence-electron chi connectivity index (χ1n) is 4.15. The Bertz CT molecular complexity index is 667. The molecule has 0 aliphatic heterocycles. The molecule has 0 atom stereocenters. The summed E-state index contributed by atoms with van der Waals surface area (Å²) in [5.74, 6) is 0. The molecule has 0 bridgehead atoms. The van der Waals surface area contributed by atoms with Gasteiger partial charge in [0.2, 0.25) is 0 Å². The van der Waals surface area contributed by atoms with Crippen LogP contribution < -0.4 is 5.56 Å². The topological polar surface area (TPSA) is 74.4 Å². The Hall–Kier alpha value is -2.17. The Balaban J connectivity index is 2.61. The standard InChI is InChI=1S/C9H6N4O/c14-9-6-2-7-5(3-10-4-11-7)1-8(6)12-13-9/h1-4H,(H2,12,13,14). The van der Waals surface area contributed by atoms with E-state index in [2.05, 4.69) is 20.2 Å². The lowest BCUT2D eigenvalue weighted by Gasteiger charge is -1.94. The van der Waals surface area contributed by atoms with E-state index < -0.39 is 0 Å². The summed E-state index contributed by atoms with van der Waals surface area (Å²) in [4.78, 5) is 19.3. The first-order chi connectivity index (χ1) is 6.84. The average Bonchev–Trinajstić information content (AvgIpc) is 2.57. The maximum absolute atomic E-state index is 11.3. The largest absolute Gasteiger partial charge is 0.297 e. The molecule has 5 nitrogen and oxygen atoms in total. The number of fused-ring (bicyclic) bond motifs is 2. The van der Waals surface area contributed by atoms with Crippen molar-refractivity contribution in [2.75, 3.05) is 0 Å². The zero-order chi connectivity index (χ0) is 9.54. The summed E-state index contributed by atoms with van der Waals surface area (Å²) in [7, 11) is 0. The van der Waals surface area contributed by atoms with Crippen LogP contribution in [0.3, 0.4) is 0 Å². The van der Waals surface area contributed by atoms with Gasteiger partial charge in [0, 0.05) is 11.6 Å². The molecule has 3 aromatic rings. The molecule has 0 fully saturated rings. The molecule has 0 amide bonds. The second-order valence-corrected chi connectivity index (χ2v) is 3.06. The SMILES string of the molecule is O=c1[nH][nH]c2cc3cncnc3cc12. The monoisotopic (exact) mass is 186 g/mol. The fourth-order valence-electron chi connectivity index (χ4n) is 1.51. The zero-order valence-corrected chi connectivity index (χ0v) is 7.11. The highest BCUT2D eigenvalue weighted by Crippen LogP contribution is 2.15. The summed E-state index contributed by atoms with van der Waals surface area (Å²) in [6.45, 7) is 0. The third kappa shape index (κ3) is 0.861. The van der Waals surface area contributed by atoms with Crippen molar-refractivity contribution in [3.8, 4) is 0 Å². The van der Waals surface area contributed by atoms with E-state index >= 15 is 0 Å². The van der Waals surface area contributed by atoms with Crippen molar-refractivity contribution in [2.45, 2.75) is 0 Å². The molecule has 0 radical (unpaired) electrons. The van der Waals surface area contributed by atoms with Crippen LogP contribution in [0.2, 0.25) is 0 Å². The van der Waals surface area contributed by atoms with Crippen LogP contribution in [0.4, 0.5) is 0 Å². The van der Waals surface area contributed by atoms with Crippen LogP contribution >= 0.6 is 0 Å². The van der Waals surface area contributed by atoms with Gasteiger partial charge in [0.25, 0.3) is 5.56 Å². The third-order valence-corrected chi connectivity index (χ3v) is 2.20. The Morgan fingerprint density at radius 1 is 1.21 bits per heavy atom. The minimum absolute atomic E-state index is 0.125. The second kappa shape index (κ2) is 2.41. The summed E-state index contributed by atoms with van der Waals surface area (Å²) >= 11 is 0. The summed E-state index contributed by atoms with van der Waals surface area (Å²) in [5.41, 5.74) is 1.43. The van der Waals surface area contributed by atoms with Crippen molar-refractivity contribution in [3.05, 3.63) is 35.0 Å². The lowest BCUT2D eigenvalue weighted by molar-refractivity contribution is 1.08. The van der Waals surface area contributed by atoms with Crippen molar-refractivity contribution in [2.24, 2.45) is 0 Å². The van der Waals surface area contributed by atoms with E-state index in [0.29, 0.717) is 5.39 Å². The van der Waals surface area contributed by atoms with E-state index in [0.717, 1.165) is 16.4 Å². The molecule has 0 aliphatic rings. The molecule has 68 valence electrons. The van der Waals surface area contributed by atoms with Crippen LogP contribution in [0.15, 0.2) is 29.5 Å². The lowest BCUT2D eigenvalue weighted by Crippen LogP contribution is -1.97. The van der Waals surface area contributed by atoms with Crippen molar-refractivity contribution in [1.82, 2.24) is 20.2 Å². The van der Waals surface area contributed by atoms with E-state index in [4.69, 9.17) is 0 Å². The van der Waals surface area contributed by atoms with E-state index in [1.807, 2.05) is 6.07 Å². The van der Waals surface area contributed by atoms with E-state index in [1.165, 1.54) is 6.33 Å². The van der Waals surface area contributed by atoms with Gasteiger partial charge >= 0.3 is 0 Å². The minimum atomic E-state index is -0.125. The van der Waals surface area contributed by atoms with Crippen LogP contribution in [-0.4, -0.2) is 20.2 Å². The second-order valence-electron chi connectivity index (χ2n) is 3.06. The Kier molecular flexibility index (Phi) is 1.25. The van der Waals surface area contributed by atoms with Gasteiger partial charge in [0.15, 0.2) is 0 Å². The van der Waals surface area contributed by atoms with Gasteiger partial charge in [-0.15, -0.1) is 0 Å². The van der Waals surface area contributed by atoms with E-state index in [9.17, 15) is 4.79 Å². The molecule has 0 unspecified atom stereocenters. The first-order valence-corrected chi connectivity index (χ1v) is 4.15. The summed E-state index contributed by atoms with van der Waals surface area (Å²) in [5, 5.41) is 6.84. The molecule has 5 heteroatoms. The van der Waals surface area contributed by atoms with Crippen molar-refractivity contribution in [1.29, 1.82) is 0 Å². The molecular formula is C9H6N4O. The predicted octanol–water partition coefficient (Wildman–Crippen LogP) is 0.799. The Morgan fingerprint density at radius 3 is 3.07 bits per heavy atom. The highest BCUT2D eigenvalue weighted by atomic mass is 16.1. The molecule has 14 heavy (non-hydrogen) atoms. The van der Waals surface area contributed by atoms with Crippen LogP contribution in [0.5, 0.6) is 0 Å². The van der Waals surface area contributed by atoms with Gasteiger partial charge in [0.05, 0.1) is 16.4 Å². The first kappa shape index (κ1) is 7.25. The van der Waals surface area contributed by atoms with Crippen LogP contribution in [0.25, 0.3) is 21.8 Å². The normalized spacial score (nSPS) is 11.1. The average molecular weight is 186 g/mol. The fourth-order valence-corrected chi connectivity index (χ4v) is 1.51. The maximum atomic E-state index is 11.3. The number of nitrogens with zero attached hydrogens (tertiary/aromatic N) is 2. The molecule has 3 rings (SSSR count). The molecular weight excluding hydrogens is 180 g/mol. The van der Waals surface area contributed by atoms with Crippen molar-refractivity contribution in [3.63, 3.8) is 0 Å². The zero-order valence-electron chi connectivity index (χ0n) is 7.11. The molecule has 0 aliphatic carbocycles. The number of nitrogens with one attached hydrogen (secondary N) is 2. The highest BCUT2D eigenvalue weighted by Gasteiger charge is 2.02. The molecule has 0 spiro atoms. The lowest BCUT2D eigenvalue weighted by atomic mass is 10.2. The van der Waals surface area contributed by atoms with Crippen LogP contribution in [0, 0.1) is 0 Å². The molecule has 0 saturated carbocycles. The predicted molar refractivity (Wildman–Crippen MR) is 52.0 cm³/mol. The van der Waals surface area contributed by atoms with Gasteiger partial charge in [-0.05, 0) is 12.1 Å². The van der Waals surface area contributed by atoms with Gasteiger partial charge in [-0.1, -0.05) is 0 Å². The summed E-state index contributed by atoms with van der Waals surface area (Å²) in [6, 6.07) is 3.60. The third-order valence-electron chi connectivity index (χ3n) is 2.20. The van der Waals surface area contributed by atoms with Gasteiger partial charge < -0.3 is 0 Å². The smallest absolute Gasteiger partial charge is 0.271 e. The molecule has 0 saturated heterocycles. The Labute approximate surface area is 77.8 Å². The van der Waals surface area contributed by atoms with Crippen molar-refractivity contribution < 1.29 is 0 Å². The number of benzene rings is 1. The molecule has 2 heterocycles. The number of H-pyrrole nitrogens is 2. The molecule has 1 aromatic carbocycles. The Morgan fingerprint density at radius 2 is 2.14 bits per heavy atom. The van der Waals surface area contributed by atoms with Gasteiger partial charge in [0.1, 0.15) is 6.33 Å². The van der Waals surface area contributed by atoms with Gasteiger partial charge in [-0.3, -0.25) is 15.0 Å². The molecule has 2 aromatic heterocycles. The van der Waals surface area contributed by atoms with E-state index in [1.54, 1.807) is 12.3 Å². The minimum Gasteiger partial charge on any atom is -0.297 e. The summed E-state index contributed by atoms with van der Waals surface area (Å²) < 4.78 is 0. The quantitative estimate of drug-likeness (QED) is 0.545. The van der Waals surface area contributed by atoms with Crippen LogP contribution in [-0.2, 0) is 0 Å². The van der Waals surface area contributed by atoms with Crippen LogP contribution in [0.1, 0.15) is 0 Å².